The molecule has 12 heteroatoms. The number of carbonyl (C=O) groups is 3. The highest BCUT2D eigenvalue weighted by atomic mass is 32.1. The SMILES string of the molecule is CN(Cc1csc(CN2CCOCC2)n1)C(=O)CCN1C(=O)c2cccc([N+](=O)[O-])c2C1=O. The van der Waals surface area contributed by atoms with Crippen molar-refractivity contribution in [2.24, 2.45) is 0 Å². The van der Waals surface area contributed by atoms with Crippen LogP contribution in [0.2, 0.25) is 0 Å². The van der Waals surface area contributed by atoms with Gasteiger partial charge in [-0.3, -0.25) is 34.3 Å². The molecule has 0 aliphatic carbocycles. The second-order valence-corrected chi connectivity index (χ2v) is 8.78. The summed E-state index contributed by atoms with van der Waals surface area (Å²) in [6.45, 7) is 4.09. The summed E-state index contributed by atoms with van der Waals surface area (Å²) < 4.78 is 5.35. The van der Waals surface area contributed by atoms with Gasteiger partial charge in [0.15, 0.2) is 0 Å². The van der Waals surface area contributed by atoms with Crippen LogP contribution in [0.1, 0.15) is 37.8 Å². The van der Waals surface area contributed by atoms with E-state index in [2.05, 4.69) is 9.88 Å². The van der Waals surface area contributed by atoms with Gasteiger partial charge in [-0.05, 0) is 6.07 Å². The van der Waals surface area contributed by atoms with Crippen molar-refractivity contribution < 1.29 is 24.0 Å². The van der Waals surface area contributed by atoms with E-state index >= 15 is 0 Å². The standard InChI is InChI=1S/C21H23N5O6S/c1-23(11-14-13-33-17(22-14)12-24-7-9-32-10-8-24)18(27)5-6-25-20(28)15-3-2-4-16(26(30)31)19(15)21(25)29/h2-4,13H,5-12H2,1H3. The fraction of sp³-hybridized carbons (Fsp3) is 0.429. The fourth-order valence-corrected chi connectivity index (χ4v) is 4.67. The minimum absolute atomic E-state index is 0.00901. The van der Waals surface area contributed by atoms with Crippen molar-refractivity contribution in [3.8, 4) is 0 Å². The molecule has 0 radical (unpaired) electrons. The first-order valence-electron chi connectivity index (χ1n) is 10.5. The molecule has 3 heterocycles. The average molecular weight is 474 g/mol. The van der Waals surface area contributed by atoms with Crippen molar-refractivity contribution >= 4 is 34.7 Å². The summed E-state index contributed by atoms with van der Waals surface area (Å²) in [5, 5.41) is 14.1. The number of nitrogens with zero attached hydrogens (tertiary/aromatic N) is 5. The number of carbonyl (C=O) groups excluding carboxylic acids is 3. The molecule has 0 bridgehead atoms. The van der Waals surface area contributed by atoms with Crippen LogP contribution in [0.25, 0.3) is 0 Å². The van der Waals surface area contributed by atoms with Crippen LogP contribution in [-0.2, 0) is 22.6 Å². The molecule has 0 unspecified atom stereocenters. The Bertz CT molecular complexity index is 1100. The predicted molar refractivity (Wildman–Crippen MR) is 118 cm³/mol. The van der Waals surface area contributed by atoms with Crippen molar-refractivity contribution in [3.05, 3.63) is 55.5 Å². The van der Waals surface area contributed by atoms with Gasteiger partial charge in [-0.1, -0.05) is 6.07 Å². The molecule has 1 aromatic heterocycles. The maximum Gasteiger partial charge on any atom is 0.282 e. The zero-order valence-corrected chi connectivity index (χ0v) is 18.9. The van der Waals surface area contributed by atoms with Gasteiger partial charge in [0, 0.05) is 44.5 Å². The Hall–Kier alpha value is -3.22. The third-order valence-corrected chi connectivity index (χ3v) is 6.49. The Morgan fingerprint density at radius 2 is 2.03 bits per heavy atom. The lowest BCUT2D eigenvalue weighted by Crippen LogP contribution is -2.35. The van der Waals surface area contributed by atoms with E-state index in [0.29, 0.717) is 6.54 Å². The summed E-state index contributed by atoms with van der Waals surface area (Å²) in [6, 6.07) is 3.94. The molecule has 1 saturated heterocycles. The van der Waals surface area contributed by atoms with Crippen molar-refractivity contribution in [2.45, 2.75) is 19.5 Å². The number of benzene rings is 1. The van der Waals surface area contributed by atoms with E-state index in [1.807, 2.05) is 5.38 Å². The Kier molecular flexibility index (Phi) is 6.77. The lowest BCUT2D eigenvalue weighted by molar-refractivity contribution is -0.385. The maximum atomic E-state index is 12.6. The first kappa shape index (κ1) is 23.0. The number of amides is 3. The third-order valence-electron chi connectivity index (χ3n) is 5.61. The first-order valence-corrected chi connectivity index (χ1v) is 11.3. The van der Waals surface area contributed by atoms with Crippen LogP contribution >= 0.6 is 11.3 Å². The summed E-state index contributed by atoms with van der Waals surface area (Å²) in [6.07, 6.45) is -0.0828. The Morgan fingerprint density at radius 1 is 1.27 bits per heavy atom. The number of aromatic nitrogens is 1. The number of rotatable bonds is 8. The molecule has 3 amide bonds. The van der Waals surface area contributed by atoms with Gasteiger partial charge in [0.2, 0.25) is 5.91 Å². The van der Waals surface area contributed by atoms with Crippen LogP contribution < -0.4 is 0 Å². The zero-order chi connectivity index (χ0) is 23.5. The van der Waals surface area contributed by atoms with Gasteiger partial charge in [0.05, 0.1) is 42.5 Å². The number of hydrogen-bond donors (Lipinski definition) is 0. The number of morpholine rings is 1. The normalized spacial score (nSPS) is 16.2. The van der Waals surface area contributed by atoms with Crippen molar-refractivity contribution in [3.63, 3.8) is 0 Å². The Morgan fingerprint density at radius 3 is 2.76 bits per heavy atom. The van der Waals surface area contributed by atoms with E-state index in [-0.39, 0.29) is 30.0 Å². The fourth-order valence-electron chi connectivity index (χ4n) is 3.85. The van der Waals surface area contributed by atoms with E-state index in [4.69, 9.17) is 4.74 Å². The van der Waals surface area contributed by atoms with Gasteiger partial charge in [0.1, 0.15) is 10.6 Å². The maximum absolute atomic E-state index is 12.6. The number of nitro benzene ring substituents is 1. The number of fused-ring (bicyclic) bond motifs is 1. The largest absolute Gasteiger partial charge is 0.379 e. The molecule has 0 N–H and O–H groups in total. The molecule has 0 saturated carbocycles. The number of nitro groups is 1. The summed E-state index contributed by atoms with van der Waals surface area (Å²) in [5.74, 6) is -1.63. The van der Waals surface area contributed by atoms with Gasteiger partial charge >= 0.3 is 0 Å². The molecule has 2 aromatic rings. The molecule has 33 heavy (non-hydrogen) atoms. The second kappa shape index (κ2) is 9.73. The number of imide groups is 1. The highest BCUT2D eigenvalue weighted by Crippen LogP contribution is 2.30. The number of thiazole rings is 1. The van der Waals surface area contributed by atoms with Gasteiger partial charge in [-0.2, -0.15) is 0 Å². The van der Waals surface area contributed by atoms with Crippen molar-refractivity contribution in [2.75, 3.05) is 39.9 Å². The highest BCUT2D eigenvalue weighted by Gasteiger charge is 2.40. The van der Waals surface area contributed by atoms with E-state index in [9.17, 15) is 24.5 Å². The van der Waals surface area contributed by atoms with Gasteiger partial charge in [0.25, 0.3) is 17.5 Å². The van der Waals surface area contributed by atoms with Crippen LogP contribution in [0.15, 0.2) is 23.6 Å². The molecule has 1 aromatic carbocycles. The predicted octanol–water partition coefficient (Wildman–Crippen LogP) is 1.53. The lowest BCUT2D eigenvalue weighted by Gasteiger charge is -2.25. The molecule has 0 spiro atoms. The molecular weight excluding hydrogens is 450 g/mol. The number of ether oxygens (including phenoxy) is 1. The quantitative estimate of drug-likeness (QED) is 0.321. The first-order chi connectivity index (χ1) is 15.8. The molecule has 174 valence electrons. The van der Waals surface area contributed by atoms with Gasteiger partial charge < -0.3 is 9.64 Å². The number of hydrogen-bond acceptors (Lipinski definition) is 9. The molecular formula is C21H23N5O6S. The molecule has 2 aliphatic heterocycles. The summed E-state index contributed by atoms with van der Waals surface area (Å²) in [7, 11) is 1.64. The van der Waals surface area contributed by atoms with Crippen molar-refractivity contribution in [1.29, 1.82) is 0 Å². The van der Waals surface area contributed by atoms with Crippen molar-refractivity contribution in [1.82, 2.24) is 19.7 Å². The van der Waals surface area contributed by atoms with Gasteiger partial charge in [-0.15, -0.1) is 11.3 Å². The summed E-state index contributed by atoms with van der Waals surface area (Å²) >= 11 is 1.54. The third kappa shape index (κ3) is 4.92. The van der Waals surface area contributed by atoms with E-state index in [0.717, 1.165) is 48.4 Å². The zero-order valence-electron chi connectivity index (χ0n) is 18.1. The van der Waals surface area contributed by atoms with E-state index < -0.39 is 22.4 Å². The lowest BCUT2D eigenvalue weighted by atomic mass is 10.1. The summed E-state index contributed by atoms with van der Waals surface area (Å²) in [5.41, 5.74) is 0.137. The van der Waals surface area contributed by atoms with Crippen LogP contribution in [0.4, 0.5) is 5.69 Å². The van der Waals surface area contributed by atoms with Crippen LogP contribution in [0.3, 0.4) is 0 Å². The highest BCUT2D eigenvalue weighted by molar-refractivity contribution is 7.09. The molecule has 1 fully saturated rings. The van der Waals surface area contributed by atoms with E-state index in [1.165, 1.54) is 23.1 Å². The summed E-state index contributed by atoms with van der Waals surface area (Å²) in [4.78, 5) is 57.6. The molecule has 2 aliphatic rings. The van der Waals surface area contributed by atoms with Crippen LogP contribution in [0.5, 0.6) is 0 Å². The minimum atomic E-state index is -0.745. The second-order valence-electron chi connectivity index (χ2n) is 7.84. The Balaban J connectivity index is 1.32. The molecule has 0 atom stereocenters. The monoisotopic (exact) mass is 473 g/mol. The minimum Gasteiger partial charge on any atom is -0.379 e. The van der Waals surface area contributed by atoms with Crippen LogP contribution in [-0.4, -0.2) is 82.2 Å². The molecule has 11 nitrogen and oxygen atoms in total. The topological polar surface area (TPSA) is 126 Å². The van der Waals surface area contributed by atoms with Gasteiger partial charge in [-0.25, -0.2) is 4.98 Å². The van der Waals surface area contributed by atoms with Crippen LogP contribution in [0, 0.1) is 10.1 Å². The Labute approximate surface area is 193 Å². The molecule has 4 rings (SSSR count). The van der Waals surface area contributed by atoms with E-state index in [1.54, 1.807) is 18.4 Å². The smallest absolute Gasteiger partial charge is 0.282 e. The average Bonchev–Trinajstić information content (AvgIpc) is 3.34.